The summed E-state index contributed by atoms with van der Waals surface area (Å²) in [6.45, 7) is 6.04. The first-order chi connectivity index (χ1) is 11.3. The number of nitrogens with one attached hydrogen (secondary N) is 1. The van der Waals surface area contributed by atoms with Crippen LogP contribution in [0, 0.1) is 5.92 Å². The van der Waals surface area contributed by atoms with E-state index in [0.29, 0.717) is 0 Å². The van der Waals surface area contributed by atoms with Crippen LogP contribution in [0.5, 0.6) is 0 Å². The van der Waals surface area contributed by atoms with Crippen molar-refractivity contribution in [2.24, 2.45) is 5.92 Å². The highest BCUT2D eigenvalue weighted by Crippen LogP contribution is 2.39. The van der Waals surface area contributed by atoms with Crippen LogP contribution in [0.3, 0.4) is 0 Å². The van der Waals surface area contributed by atoms with Gasteiger partial charge in [0.05, 0.1) is 0 Å². The Morgan fingerprint density at radius 1 is 1.00 bits per heavy atom. The Kier molecular flexibility index (Phi) is 11.0. The number of hydrogen-bond acceptors (Lipinski definition) is 2. The molecule has 0 saturated heterocycles. The van der Waals surface area contributed by atoms with Crippen molar-refractivity contribution >= 4 is 12.4 Å². The lowest BCUT2D eigenvalue weighted by molar-refractivity contribution is -0.0228. The molecule has 0 spiro atoms. The lowest BCUT2D eigenvalue weighted by Gasteiger charge is -2.39. The maximum Gasteiger partial charge on any atom is 0.121 e. The van der Waals surface area contributed by atoms with Crippen molar-refractivity contribution in [2.75, 3.05) is 20.2 Å². The Bertz CT molecular complexity index is 562. The monoisotopic (exact) mass is 363 g/mol. The predicted molar refractivity (Wildman–Crippen MR) is 108 cm³/mol. The van der Waals surface area contributed by atoms with Crippen LogP contribution in [0.1, 0.15) is 25.0 Å². The minimum atomic E-state index is -0.453. The summed E-state index contributed by atoms with van der Waals surface area (Å²) < 4.78 is 6.17. The standard InChI is InChI=1S/C21H27NO.ClH.H2O/c1-4-5-16-22-17-18(2)21(23-3,19-12-8-6-9-13-19)20-14-10-7-11-15-20;;/h4-15,18,22H,16-17H2,1-3H3;1H;1H2/b5-4+;;. The quantitative estimate of drug-likeness (QED) is 0.569. The molecule has 0 aliphatic rings. The summed E-state index contributed by atoms with van der Waals surface area (Å²) in [4.78, 5) is 0. The Balaban J connectivity index is 0.00000288. The lowest BCUT2D eigenvalue weighted by Crippen LogP contribution is -2.42. The molecule has 0 fully saturated rings. The molecular formula is C21H30ClNO2. The molecule has 0 bridgehead atoms. The molecule has 0 aliphatic carbocycles. The average Bonchev–Trinajstić information content (AvgIpc) is 2.62. The van der Waals surface area contributed by atoms with Crippen LogP contribution < -0.4 is 5.32 Å². The van der Waals surface area contributed by atoms with E-state index >= 15 is 0 Å². The zero-order valence-corrected chi connectivity index (χ0v) is 16.1. The SMILES string of the molecule is C/C=C/CNCC(C)C(OC)(c1ccccc1)c1ccccc1.Cl.O. The number of ether oxygens (including phenoxy) is 1. The van der Waals surface area contributed by atoms with Crippen molar-refractivity contribution in [3.63, 3.8) is 0 Å². The molecule has 0 aromatic heterocycles. The van der Waals surface area contributed by atoms with Gasteiger partial charge in [-0.2, -0.15) is 0 Å². The summed E-state index contributed by atoms with van der Waals surface area (Å²) in [5.74, 6) is 0.280. The molecule has 3 nitrogen and oxygen atoms in total. The normalized spacial score (nSPS) is 12.3. The van der Waals surface area contributed by atoms with Gasteiger partial charge in [0, 0.05) is 26.1 Å². The highest BCUT2D eigenvalue weighted by Gasteiger charge is 2.39. The van der Waals surface area contributed by atoms with Gasteiger partial charge in [-0.1, -0.05) is 79.7 Å². The third-order valence-electron chi connectivity index (χ3n) is 4.37. The molecule has 0 radical (unpaired) electrons. The third-order valence-corrected chi connectivity index (χ3v) is 4.37. The highest BCUT2D eigenvalue weighted by atomic mass is 35.5. The van der Waals surface area contributed by atoms with Crippen molar-refractivity contribution in [2.45, 2.75) is 19.4 Å². The van der Waals surface area contributed by atoms with Gasteiger partial charge in [-0.05, 0) is 18.1 Å². The molecule has 0 saturated carbocycles. The zero-order chi connectivity index (χ0) is 16.5. The van der Waals surface area contributed by atoms with Crippen LogP contribution in [0.25, 0.3) is 0 Å². The van der Waals surface area contributed by atoms with Gasteiger partial charge in [0.1, 0.15) is 5.60 Å². The van der Waals surface area contributed by atoms with E-state index in [9.17, 15) is 0 Å². The summed E-state index contributed by atoms with van der Waals surface area (Å²) in [7, 11) is 1.81. The smallest absolute Gasteiger partial charge is 0.121 e. The van der Waals surface area contributed by atoms with Crippen molar-refractivity contribution in [1.29, 1.82) is 0 Å². The van der Waals surface area contributed by atoms with Crippen LogP contribution in [0.15, 0.2) is 72.8 Å². The molecule has 2 rings (SSSR count). The second-order valence-corrected chi connectivity index (χ2v) is 5.80. The first-order valence-electron chi connectivity index (χ1n) is 8.23. The first kappa shape index (κ1) is 23.4. The number of methoxy groups -OCH3 is 1. The van der Waals surface area contributed by atoms with Crippen molar-refractivity contribution in [3.05, 3.63) is 83.9 Å². The number of halogens is 1. The van der Waals surface area contributed by atoms with Crippen LogP contribution in [0.2, 0.25) is 0 Å². The molecule has 2 aromatic carbocycles. The fourth-order valence-electron chi connectivity index (χ4n) is 3.19. The van der Waals surface area contributed by atoms with Gasteiger partial charge >= 0.3 is 0 Å². The molecule has 0 heterocycles. The van der Waals surface area contributed by atoms with Gasteiger partial charge in [0.2, 0.25) is 0 Å². The minimum absolute atomic E-state index is 0. The second-order valence-electron chi connectivity index (χ2n) is 5.80. The number of rotatable bonds is 8. The molecule has 2 aromatic rings. The van der Waals surface area contributed by atoms with E-state index < -0.39 is 5.60 Å². The molecule has 0 aliphatic heterocycles. The van der Waals surface area contributed by atoms with E-state index in [1.807, 2.05) is 26.2 Å². The highest BCUT2D eigenvalue weighted by molar-refractivity contribution is 5.85. The fraction of sp³-hybridized carbons (Fsp3) is 0.333. The number of allylic oxidation sites excluding steroid dienone is 1. The Hall–Kier alpha value is -1.65. The van der Waals surface area contributed by atoms with E-state index in [0.717, 1.165) is 13.1 Å². The van der Waals surface area contributed by atoms with Crippen LogP contribution in [0.4, 0.5) is 0 Å². The number of hydrogen-bond donors (Lipinski definition) is 1. The largest absolute Gasteiger partial charge is 0.412 e. The van der Waals surface area contributed by atoms with E-state index in [1.165, 1.54) is 11.1 Å². The molecule has 1 unspecified atom stereocenters. The van der Waals surface area contributed by atoms with Crippen LogP contribution >= 0.6 is 12.4 Å². The Morgan fingerprint density at radius 3 is 1.88 bits per heavy atom. The van der Waals surface area contributed by atoms with Crippen LogP contribution in [-0.4, -0.2) is 25.7 Å². The maximum atomic E-state index is 6.17. The number of benzene rings is 2. The Labute approximate surface area is 157 Å². The fourth-order valence-corrected chi connectivity index (χ4v) is 3.19. The molecule has 25 heavy (non-hydrogen) atoms. The van der Waals surface area contributed by atoms with Gasteiger partial charge in [-0.3, -0.25) is 0 Å². The molecule has 138 valence electrons. The van der Waals surface area contributed by atoms with Crippen molar-refractivity contribution in [1.82, 2.24) is 5.32 Å². The van der Waals surface area contributed by atoms with Gasteiger partial charge in [0.15, 0.2) is 0 Å². The lowest BCUT2D eigenvalue weighted by atomic mass is 9.76. The minimum Gasteiger partial charge on any atom is -0.412 e. The van der Waals surface area contributed by atoms with Gasteiger partial charge in [0.25, 0.3) is 0 Å². The third kappa shape index (κ3) is 5.41. The van der Waals surface area contributed by atoms with Gasteiger partial charge < -0.3 is 15.5 Å². The zero-order valence-electron chi connectivity index (χ0n) is 15.2. The first-order valence-corrected chi connectivity index (χ1v) is 8.23. The van der Waals surface area contributed by atoms with E-state index in [2.05, 4.69) is 72.9 Å². The van der Waals surface area contributed by atoms with E-state index in [1.54, 1.807) is 0 Å². The van der Waals surface area contributed by atoms with Crippen LogP contribution in [-0.2, 0) is 10.3 Å². The maximum absolute atomic E-state index is 6.17. The van der Waals surface area contributed by atoms with Gasteiger partial charge in [-0.15, -0.1) is 12.4 Å². The van der Waals surface area contributed by atoms with E-state index in [4.69, 9.17) is 4.74 Å². The van der Waals surface area contributed by atoms with Gasteiger partial charge in [-0.25, -0.2) is 0 Å². The molecule has 3 N–H and O–H groups in total. The topological polar surface area (TPSA) is 52.8 Å². The summed E-state index contributed by atoms with van der Waals surface area (Å²) in [5, 5.41) is 3.50. The van der Waals surface area contributed by atoms with Crippen molar-refractivity contribution < 1.29 is 10.2 Å². The summed E-state index contributed by atoms with van der Waals surface area (Å²) in [6, 6.07) is 21.0. The summed E-state index contributed by atoms with van der Waals surface area (Å²) in [5.41, 5.74) is 1.92. The van der Waals surface area contributed by atoms with E-state index in [-0.39, 0.29) is 23.8 Å². The molecular weight excluding hydrogens is 334 g/mol. The molecule has 1 atom stereocenters. The second kappa shape index (κ2) is 11.8. The molecule has 4 heteroatoms. The predicted octanol–water partition coefficient (Wildman–Crippen LogP) is 3.98. The average molecular weight is 364 g/mol. The summed E-state index contributed by atoms with van der Waals surface area (Å²) in [6.07, 6.45) is 4.20. The van der Waals surface area contributed by atoms with Crippen molar-refractivity contribution in [3.8, 4) is 0 Å². The summed E-state index contributed by atoms with van der Waals surface area (Å²) >= 11 is 0. The molecule has 0 amide bonds. The Morgan fingerprint density at radius 2 is 1.48 bits per heavy atom.